The molecule has 0 spiro atoms. The van der Waals surface area contributed by atoms with Crippen LogP contribution in [0.2, 0.25) is 0 Å². The van der Waals surface area contributed by atoms with Crippen molar-refractivity contribution in [1.29, 1.82) is 0 Å². The van der Waals surface area contributed by atoms with E-state index < -0.39 is 0 Å². The summed E-state index contributed by atoms with van der Waals surface area (Å²) in [6.07, 6.45) is 4.83. The summed E-state index contributed by atoms with van der Waals surface area (Å²) in [5.41, 5.74) is 3.00. The van der Waals surface area contributed by atoms with Gasteiger partial charge in [0, 0.05) is 38.1 Å². The second-order valence-corrected chi connectivity index (χ2v) is 6.02. The molecule has 1 amide bonds. The van der Waals surface area contributed by atoms with Crippen molar-refractivity contribution in [2.45, 2.75) is 12.8 Å². The highest BCUT2D eigenvalue weighted by atomic mass is 19.1. The maximum atomic E-state index is 13.3. The summed E-state index contributed by atoms with van der Waals surface area (Å²) < 4.78 is 14.9. The zero-order valence-corrected chi connectivity index (χ0v) is 14.2. The first kappa shape index (κ1) is 16.9. The number of rotatable bonds is 6. The summed E-state index contributed by atoms with van der Waals surface area (Å²) in [5, 5.41) is 11.2. The summed E-state index contributed by atoms with van der Waals surface area (Å²) in [7, 11) is 3.56. The van der Waals surface area contributed by atoms with Gasteiger partial charge in [0.15, 0.2) is 0 Å². The molecule has 0 atom stereocenters. The lowest BCUT2D eigenvalue weighted by atomic mass is 10.1. The Kier molecular flexibility index (Phi) is 4.92. The molecule has 6 nitrogen and oxygen atoms in total. The SMILES string of the molecule is CN(CCCc1cc(-c2cccc(F)c2)n[nH]1)C(=O)c1cnn(C)c1. The third kappa shape index (κ3) is 4.12. The number of carbonyl (C=O) groups excluding carboxylic acids is 1. The third-order valence-electron chi connectivity index (χ3n) is 3.99. The minimum atomic E-state index is -0.280. The number of amides is 1. The Hall–Kier alpha value is -2.96. The molecule has 0 aliphatic heterocycles. The molecule has 0 aliphatic rings. The highest BCUT2D eigenvalue weighted by Crippen LogP contribution is 2.19. The molecule has 0 aliphatic carbocycles. The lowest BCUT2D eigenvalue weighted by molar-refractivity contribution is 0.0793. The van der Waals surface area contributed by atoms with Gasteiger partial charge in [-0.15, -0.1) is 0 Å². The van der Waals surface area contributed by atoms with E-state index >= 15 is 0 Å². The normalized spacial score (nSPS) is 10.8. The van der Waals surface area contributed by atoms with E-state index in [4.69, 9.17) is 0 Å². The Morgan fingerprint density at radius 2 is 2.20 bits per heavy atom. The van der Waals surface area contributed by atoms with Crippen molar-refractivity contribution < 1.29 is 9.18 Å². The van der Waals surface area contributed by atoms with Crippen LogP contribution in [0.5, 0.6) is 0 Å². The van der Waals surface area contributed by atoms with Crippen LogP contribution in [0.4, 0.5) is 4.39 Å². The summed E-state index contributed by atoms with van der Waals surface area (Å²) in [5.74, 6) is -0.323. The largest absolute Gasteiger partial charge is 0.342 e. The van der Waals surface area contributed by atoms with E-state index in [-0.39, 0.29) is 11.7 Å². The monoisotopic (exact) mass is 341 g/mol. The van der Waals surface area contributed by atoms with Gasteiger partial charge in [0.25, 0.3) is 5.91 Å². The fourth-order valence-corrected chi connectivity index (χ4v) is 2.65. The number of benzene rings is 1. The lowest BCUT2D eigenvalue weighted by Crippen LogP contribution is -2.27. The maximum absolute atomic E-state index is 13.3. The van der Waals surface area contributed by atoms with E-state index in [1.165, 1.54) is 12.1 Å². The second-order valence-electron chi connectivity index (χ2n) is 6.02. The number of hydrogen-bond acceptors (Lipinski definition) is 3. The van der Waals surface area contributed by atoms with Crippen LogP contribution in [-0.2, 0) is 13.5 Å². The summed E-state index contributed by atoms with van der Waals surface area (Å²) in [6, 6.07) is 8.27. The number of halogens is 1. The highest BCUT2D eigenvalue weighted by Gasteiger charge is 2.13. The highest BCUT2D eigenvalue weighted by molar-refractivity contribution is 5.93. The molecule has 0 bridgehead atoms. The minimum Gasteiger partial charge on any atom is -0.342 e. The minimum absolute atomic E-state index is 0.0434. The summed E-state index contributed by atoms with van der Waals surface area (Å²) >= 11 is 0. The van der Waals surface area contributed by atoms with Crippen LogP contribution in [0.25, 0.3) is 11.3 Å². The zero-order valence-electron chi connectivity index (χ0n) is 14.2. The van der Waals surface area contributed by atoms with Crippen molar-refractivity contribution in [2.75, 3.05) is 13.6 Å². The number of carbonyl (C=O) groups is 1. The van der Waals surface area contributed by atoms with Gasteiger partial charge in [-0.1, -0.05) is 12.1 Å². The van der Waals surface area contributed by atoms with Gasteiger partial charge in [-0.2, -0.15) is 10.2 Å². The van der Waals surface area contributed by atoms with Crippen molar-refractivity contribution in [3.8, 4) is 11.3 Å². The predicted octanol–water partition coefficient (Wildman–Crippen LogP) is 2.65. The summed E-state index contributed by atoms with van der Waals surface area (Å²) in [4.78, 5) is 13.9. The standard InChI is InChI=1S/C18H20FN5O/c1-23(18(25)14-11-20-24(2)12-14)8-4-7-16-10-17(22-21-16)13-5-3-6-15(19)9-13/h3,5-6,9-12H,4,7-8H2,1-2H3,(H,21,22). The molecule has 0 radical (unpaired) electrons. The Labute approximate surface area is 145 Å². The number of aromatic nitrogens is 4. The van der Waals surface area contributed by atoms with Crippen molar-refractivity contribution >= 4 is 5.91 Å². The molecule has 0 saturated carbocycles. The molecule has 0 unspecified atom stereocenters. The molecule has 2 heterocycles. The molecule has 1 N–H and O–H groups in total. The van der Waals surface area contributed by atoms with Crippen LogP contribution >= 0.6 is 0 Å². The number of hydrogen-bond donors (Lipinski definition) is 1. The van der Waals surface area contributed by atoms with Gasteiger partial charge in [-0.25, -0.2) is 4.39 Å². The van der Waals surface area contributed by atoms with Gasteiger partial charge in [-0.05, 0) is 31.0 Å². The molecular formula is C18H20FN5O. The third-order valence-corrected chi connectivity index (χ3v) is 3.99. The molecule has 3 aromatic rings. The van der Waals surface area contributed by atoms with Crippen LogP contribution in [-0.4, -0.2) is 44.4 Å². The number of nitrogens with zero attached hydrogens (tertiary/aromatic N) is 4. The topological polar surface area (TPSA) is 66.8 Å². The van der Waals surface area contributed by atoms with Crippen LogP contribution < -0.4 is 0 Å². The molecule has 2 aromatic heterocycles. The molecule has 25 heavy (non-hydrogen) atoms. The van der Waals surface area contributed by atoms with Gasteiger partial charge in [0.1, 0.15) is 5.82 Å². The van der Waals surface area contributed by atoms with Gasteiger partial charge in [0.05, 0.1) is 17.5 Å². The smallest absolute Gasteiger partial charge is 0.256 e. The average Bonchev–Trinajstić information content (AvgIpc) is 3.23. The number of H-pyrrole nitrogens is 1. The molecule has 3 rings (SSSR count). The van der Waals surface area contributed by atoms with Crippen LogP contribution in [0.1, 0.15) is 22.5 Å². The average molecular weight is 341 g/mol. The number of aryl methyl sites for hydroxylation is 2. The van der Waals surface area contributed by atoms with Crippen LogP contribution in [0.3, 0.4) is 0 Å². The van der Waals surface area contributed by atoms with E-state index in [0.29, 0.717) is 17.8 Å². The van der Waals surface area contributed by atoms with Crippen LogP contribution in [0, 0.1) is 5.82 Å². The predicted molar refractivity (Wildman–Crippen MR) is 92.5 cm³/mol. The van der Waals surface area contributed by atoms with Crippen molar-refractivity contribution in [3.05, 3.63) is 59.8 Å². The van der Waals surface area contributed by atoms with E-state index in [2.05, 4.69) is 15.3 Å². The number of nitrogens with one attached hydrogen (secondary N) is 1. The van der Waals surface area contributed by atoms with Gasteiger partial charge in [0.2, 0.25) is 0 Å². The summed E-state index contributed by atoms with van der Waals surface area (Å²) in [6.45, 7) is 0.627. The fraction of sp³-hybridized carbons (Fsp3) is 0.278. The Balaban J connectivity index is 1.53. The van der Waals surface area contributed by atoms with Gasteiger partial charge >= 0.3 is 0 Å². The maximum Gasteiger partial charge on any atom is 0.256 e. The van der Waals surface area contributed by atoms with E-state index in [9.17, 15) is 9.18 Å². The molecule has 7 heteroatoms. The van der Waals surface area contributed by atoms with Gasteiger partial charge in [-0.3, -0.25) is 14.6 Å². The van der Waals surface area contributed by atoms with Gasteiger partial charge < -0.3 is 4.90 Å². The Bertz CT molecular complexity index is 870. The van der Waals surface area contributed by atoms with Crippen molar-refractivity contribution in [3.63, 3.8) is 0 Å². The molecule has 0 saturated heterocycles. The lowest BCUT2D eigenvalue weighted by Gasteiger charge is -2.15. The van der Waals surface area contributed by atoms with E-state index in [1.54, 1.807) is 42.1 Å². The first-order valence-corrected chi connectivity index (χ1v) is 8.07. The molecule has 130 valence electrons. The molecular weight excluding hydrogens is 321 g/mol. The fourth-order valence-electron chi connectivity index (χ4n) is 2.65. The van der Waals surface area contributed by atoms with Crippen molar-refractivity contribution in [2.24, 2.45) is 7.05 Å². The second kappa shape index (κ2) is 7.29. The zero-order chi connectivity index (χ0) is 17.8. The van der Waals surface area contributed by atoms with Crippen LogP contribution in [0.15, 0.2) is 42.7 Å². The van der Waals surface area contributed by atoms with E-state index in [0.717, 1.165) is 24.1 Å². The first-order valence-electron chi connectivity index (χ1n) is 8.07. The quantitative estimate of drug-likeness (QED) is 0.749. The number of aromatic amines is 1. The molecule has 0 fully saturated rings. The van der Waals surface area contributed by atoms with E-state index in [1.807, 2.05) is 12.1 Å². The van der Waals surface area contributed by atoms with Crippen molar-refractivity contribution in [1.82, 2.24) is 24.9 Å². The molecule has 1 aromatic carbocycles. The first-order chi connectivity index (χ1) is 12.0. The Morgan fingerprint density at radius 3 is 2.92 bits per heavy atom. The Morgan fingerprint density at radius 1 is 1.36 bits per heavy atom.